The third kappa shape index (κ3) is 3.20. The van der Waals surface area contributed by atoms with E-state index in [2.05, 4.69) is 43.2 Å². The standard InChI is InChI=1S/C12H11Br2NO/c13-10-3-4-12(14)9(6-10)7-15-8-11-2-1-5-16-11/h1-6,15H,7-8H2. The molecule has 0 bridgehead atoms. The molecule has 0 spiro atoms. The topological polar surface area (TPSA) is 25.2 Å². The maximum absolute atomic E-state index is 5.24. The normalized spacial score (nSPS) is 10.6. The molecule has 1 heterocycles. The smallest absolute Gasteiger partial charge is 0.117 e. The van der Waals surface area contributed by atoms with Crippen LogP contribution in [0.2, 0.25) is 0 Å². The van der Waals surface area contributed by atoms with Crippen molar-refractivity contribution in [1.82, 2.24) is 5.32 Å². The highest BCUT2D eigenvalue weighted by Gasteiger charge is 2.01. The van der Waals surface area contributed by atoms with Crippen molar-refractivity contribution in [1.29, 1.82) is 0 Å². The molecule has 0 aliphatic carbocycles. The summed E-state index contributed by atoms with van der Waals surface area (Å²) < 4.78 is 7.44. The van der Waals surface area contributed by atoms with Gasteiger partial charge in [-0.3, -0.25) is 0 Å². The first-order valence-electron chi connectivity index (χ1n) is 4.93. The van der Waals surface area contributed by atoms with Gasteiger partial charge in [-0.25, -0.2) is 0 Å². The zero-order valence-electron chi connectivity index (χ0n) is 8.54. The van der Waals surface area contributed by atoms with Crippen molar-refractivity contribution >= 4 is 31.9 Å². The first-order valence-corrected chi connectivity index (χ1v) is 6.51. The molecule has 0 fully saturated rings. The van der Waals surface area contributed by atoms with Gasteiger partial charge in [0.1, 0.15) is 5.76 Å². The van der Waals surface area contributed by atoms with Crippen LogP contribution in [-0.4, -0.2) is 0 Å². The second kappa shape index (κ2) is 5.66. The predicted molar refractivity (Wildman–Crippen MR) is 71.1 cm³/mol. The van der Waals surface area contributed by atoms with E-state index in [0.29, 0.717) is 0 Å². The van der Waals surface area contributed by atoms with Crippen molar-refractivity contribution < 1.29 is 4.42 Å². The number of hydrogen-bond acceptors (Lipinski definition) is 2. The molecule has 0 amide bonds. The molecule has 2 aromatic rings. The summed E-state index contributed by atoms with van der Waals surface area (Å²) >= 11 is 6.98. The van der Waals surface area contributed by atoms with Gasteiger partial charge >= 0.3 is 0 Å². The first-order chi connectivity index (χ1) is 7.75. The van der Waals surface area contributed by atoms with Gasteiger partial charge in [-0.05, 0) is 35.9 Å². The Morgan fingerprint density at radius 2 is 2.00 bits per heavy atom. The molecule has 1 aromatic heterocycles. The average molecular weight is 345 g/mol. The Hall–Kier alpha value is -0.580. The molecule has 1 aromatic carbocycles. The molecule has 16 heavy (non-hydrogen) atoms. The molecule has 4 heteroatoms. The number of furan rings is 1. The van der Waals surface area contributed by atoms with Crippen LogP contribution in [0.1, 0.15) is 11.3 Å². The van der Waals surface area contributed by atoms with Gasteiger partial charge in [0, 0.05) is 15.5 Å². The van der Waals surface area contributed by atoms with Gasteiger partial charge in [0.05, 0.1) is 12.8 Å². The Morgan fingerprint density at radius 1 is 1.12 bits per heavy atom. The van der Waals surface area contributed by atoms with Crippen LogP contribution < -0.4 is 5.32 Å². The molecular weight excluding hydrogens is 334 g/mol. The zero-order valence-corrected chi connectivity index (χ0v) is 11.7. The molecule has 0 unspecified atom stereocenters. The van der Waals surface area contributed by atoms with Crippen LogP contribution in [-0.2, 0) is 13.1 Å². The number of nitrogens with one attached hydrogen (secondary N) is 1. The Bertz CT molecular complexity index is 454. The van der Waals surface area contributed by atoms with Crippen LogP contribution in [0, 0.1) is 0 Å². The molecule has 0 atom stereocenters. The highest BCUT2D eigenvalue weighted by Crippen LogP contribution is 2.21. The second-order valence-electron chi connectivity index (χ2n) is 3.42. The predicted octanol–water partition coefficient (Wildman–Crippen LogP) is 4.09. The maximum Gasteiger partial charge on any atom is 0.117 e. The lowest BCUT2D eigenvalue weighted by Crippen LogP contribution is -2.12. The fraction of sp³-hybridized carbons (Fsp3) is 0.167. The molecule has 0 aliphatic heterocycles. The van der Waals surface area contributed by atoms with Crippen molar-refractivity contribution in [3.63, 3.8) is 0 Å². The number of hydrogen-bond donors (Lipinski definition) is 1. The van der Waals surface area contributed by atoms with E-state index in [-0.39, 0.29) is 0 Å². The van der Waals surface area contributed by atoms with Crippen LogP contribution in [0.3, 0.4) is 0 Å². The highest BCUT2D eigenvalue weighted by molar-refractivity contribution is 9.11. The quantitative estimate of drug-likeness (QED) is 0.903. The number of rotatable bonds is 4. The summed E-state index contributed by atoms with van der Waals surface area (Å²) in [5.41, 5.74) is 1.22. The summed E-state index contributed by atoms with van der Waals surface area (Å²) in [5, 5.41) is 3.33. The number of benzene rings is 1. The SMILES string of the molecule is Brc1ccc(Br)c(CNCc2ccco2)c1. The Labute approximate surface area is 111 Å². The Morgan fingerprint density at radius 3 is 2.75 bits per heavy atom. The lowest BCUT2D eigenvalue weighted by molar-refractivity contribution is 0.483. The molecule has 1 N–H and O–H groups in total. The van der Waals surface area contributed by atoms with Crippen molar-refractivity contribution in [2.45, 2.75) is 13.1 Å². The molecule has 0 radical (unpaired) electrons. The lowest BCUT2D eigenvalue weighted by Gasteiger charge is -2.06. The van der Waals surface area contributed by atoms with Gasteiger partial charge in [0.25, 0.3) is 0 Å². The third-order valence-corrected chi connectivity index (χ3v) is 3.47. The summed E-state index contributed by atoms with van der Waals surface area (Å²) in [6.07, 6.45) is 1.69. The maximum atomic E-state index is 5.24. The number of halogens is 2. The van der Waals surface area contributed by atoms with E-state index in [1.807, 2.05) is 24.3 Å². The first kappa shape index (κ1) is 11.9. The van der Waals surface area contributed by atoms with Crippen LogP contribution in [0.25, 0.3) is 0 Å². The largest absolute Gasteiger partial charge is 0.468 e. The average Bonchev–Trinajstić information content (AvgIpc) is 2.76. The van der Waals surface area contributed by atoms with Crippen LogP contribution in [0.5, 0.6) is 0 Å². The fourth-order valence-corrected chi connectivity index (χ4v) is 2.21. The van der Waals surface area contributed by atoms with E-state index >= 15 is 0 Å². The minimum Gasteiger partial charge on any atom is -0.468 e. The molecule has 0 aliphatic rings. The monoisotopic (exact) mass is 343 g/mol. The van der Waals surface area contributed by atoms with Crippen molar-refractivity contribution in [2.24, 2.45) is 0 Å². The minimum atomic E-state index is 0.742. The van der Waals surface area contributed by atoms with Gasteiger partial charge in [-0.2, -0.15) is 0 Å². The van der Waals surface area contributed by atoms with E-state index in [4.69, 9.17) is 4.42 Å². The van der Waals surface area contributed by atoms with Crippen LogP contribution in [0.4, 0.5) is 0 Å². The molecule has 84 valence electrons. The minimum absolute atomic E-state index is 0.742. The summed E-state index contributed by atoms with van der Waals surface area (Å²) in [7, 11) is 0. The van der Waals surface area contributed by atoms with Gasteiger partial charge in [0.2, 0.25) is 0 Å². The van der Waals surface area contributed by atoms with E-state index < -0.39 is 0 Å². The van der Waals surface area contributed by atoms with E-state index in [1.54, 1.807) is 6.26 Å². The molecule has 0 saturated carbocycles. The highest BCUT2D eigenvalue weighted by atomic mass is 79.9. The zero-order chi connectivity index (χ0) is 11.4. The molecule has 2 nitrogen and oxygen atoms in total. The summed E-state index contributed by atoms with van der Waals surface area (Å²) in [5.74, 6) is 0.950. The lowest BCUT2D eigenvalue weighted by atomic mass is 10.2. The van der Waals surface area contributed by atoms with Gasteiger partial charge in [-0.1, -0.05) is 31.9 Å². The van der Waals surface area contributed by atoms with Crippen LogP contribution in [0.15, 0.2) is 50.0 Å². The summed E-state index contributed by atoms with van der Waals surface area (Å²) in [6, 6.07) is 10.0. The van der Waals surface area contributed by atoms with Gasteiger partial charge < -0.3 is 9.73 Å². The Kier molecular flexibility index (Phi) is 4.21. The van der Waals surface area contributed by atoms with E-state index in [9.17, 15) is 0 Å². The van der Waals surface area contributed by atoms with Crippen molar-refractivity contribution in [3.8, 4) is 0 Å². The van der Waals surface area contributed by atoms with E-state index in [0.717, 1.165) is 27.8 Å². The Balaban J connectivity index is 1.92. The van der Waals surface area contributed by atoms with Crippen molar-refractivity contribution in [2.75, 3.05) is 0 Å². The molecular formula is C12H11Br2NO. The summed E-state index contributed by atoms with van der Waals surface area (Å²) in [6.45, 7) is 1.55. The third-order valence-electron chi connectivity index (χ3n) is 2.20. The molecule has 0 saturated heterocycles. The van der Waals surface area contributed by atoms with Gasteiger partial charge in [-0.15, -0.1) is 0 Å². The molecule has 2 rings (SSSR count). The van der Waals surface area contributed by atoms with Crippen LogP contribution >= 0.6 is 31.9 Å². The fourth-order valence-electron chi connectivity index (χ4n) is 1.41. The van der Waals surface area contributed by atoms with Crippen molar-refractivity contribution in [3.05, 3.63) is 56.9 Å². The second-order valence-corrected chi connectivity index (χ2v) is 5.19. The van der Waals surface area contributed by atoms with E-state index in [1.165, 1.54) is 5.56 Å². The van der Waals surface area contributed by atoms with Gasteiger partial charge in [0.15, 0.2) is 0 Å². The summed E-state index contributed by atoms with van der Waals surface area (Å²) in [4.78, 5) is 0.